The zero-order valence-corrected chi connectivity index (χ0v) is 20.7. The first-order chi connectivity index (χ1) is 18.5. The van der Waals surface area contributed by atoms with E-state index in [0.29, 0.717) is 40.8 Å². The van der Waals surface area contributed by atoms with Crippen LogP contribution in [0, 0.1) is 11.3 Å². The molecule has 0 fully saturated rings. The Morgan fingerprint density at radius 1 is 1.05 bits per heavy atom. The number of fused-ring (bicyclic) bond motifs is 1. The van der Waals surface area contributed by atoms with Gasteiger partial charge in [0.15, 0.2) is 0 Å². The summed E-state index contributed by atoms with van der Waals surface area (Å²) in [5.41, 5.74) is 5.26. The van der Waals surface area contributed by atoms with Gasteiger partial charge in [-0.15, -0.1) is 0 Å². The van der Waals surface area contributed by atoms with Crippen molar-refractivity contribution < 1.29 is 19.1 Å². The average molecular weight is 508 g/mol. The van der Waals surface area contributed by atoms with Gasteiger partial charge in [-0.25, -0.2) is 14.6 Å². The molecular formula is C29H25N5O4. The van der Waals surface area contributed by atoms with Crippen LogP contribution < -0.4 is 15.4 Å². The highest BCUT2D eigenvalue weighted by Gasteiger charge is 2.34. The highest BCUT2D eigenvalue weighted by atomic mass is 16.5. The topological polar surface area (TPSA) is 129 Å². The van der Waals surface area contributed by atoms with Crippen LogP contribution in [0.15, 0.2) is 84.3 Å². The molecule has 0 bridgehead atoms. The average Bonchev–Trinajstić information content (AvgIpc) is 3.43. The maximum absolute atomic E-state index is 13.6. The minimum atomic E-state index is -0.727. The third-order valence-electron chi connectivity index (χ3n) is 6.38. The van der Waals surface area contributed by atoms with Crippen molar-refractivity contribution in [3.8, 4) is 11.8 Å². The van der Waals surface area contributed by atoms with E-state index in [1.54, 1.807) is 37.7 Å². The number of esters is 1. The van der Waals surface area contributed by atoms with Crippen LogP contribution in [0.3, 0.4) is 0 Å². The van der Waals surface area contributed by atoms with E-state index in [-0.39, 0.29) is 6.61 Å². The molecule has 0 aliphatic carbocycles. The number of H-pyrrole nitrogens is 1. The van der Waals surface area contributed by atoms with Crippen LogP contribution in [0.1, 0.15) is 34.7 Å². The fourth-order valence-electron chi connectivity index (χ4n) is 4.49. The zero-order valence-electron chi connectivity index (χ0n) is 20.7. The van der Waals surface area contributed by atoms with E-state index < -0.39 is 18.0 Å². The number of nitrogens with one attached hydrogen (secondary N) is 3. The Labute approximate surface area is 219 Å². The molecule has 1 unspecified atom stereocenters. The summed E-state index contributed by atoms with van der Waals surface area (Å²) >= 11 is 0. The number of nitrogens with zero attached hydrogens (tertiary/aromatic N) is 2. The summed E-state index contributed by atoms with van der Waals surface area (Å²) in [5, 5.41) is 14.9. The van der Waals surface area contributed by atoms with E-state index in [1.165, 1.54) is 0 Å². The van der Waals surface area contributed by atoms with E-state index >= 15 is 0 Å². The Morgan fingerprint density at radius 3 is 2.74 bits per heavy atom. The molecule has 1 aliphatic heterocycles. The molecular weight excluding hydrogens is 482 g/mol. The normalized spacial score (nSPS) is 14.9. The molecule has 3 aromatic carbocycles. The first-order valence-electron chi connectivity index (χ1n) is 12.1. The van der Waals surface area contributed by atoms with Crippen LogP contribution in [0.5, 0.6) is 5.75 Å². The number of imidazole rings is 1. The summed E-state index contributed by atoms with van der Waals surface area (Å²) in [6.45, 7) is -0.0126. The third-order valence-corrected chi connectivity index (χ3v) is 6.38. The second-order valence-electron chi connectivity index (χ2n) is 8.84. The number of benzene rings is 3. The van der Waals surface area contributed by atoms with Gasteiger partial charge in [0, 0.05) is 5.70 Å². The number of amides is 2. The largest absolute Gasteiger partial charge is 0.497 e. The van der Waals surface area contributed by atoms with Crippen molar-refractivity contribution in [2.75, 3.05) is 7.11 Å². The molecule has 0 spiro atoms. The summed E-state index contributed by atoms with van der Waals surface area (Å²) in [4.78, 5) is 33.6. The standard InChI is InChI=1S/C29H25N5O4/c1-37-22-7-3-4-18(13-22)8-10-24-26(28(35)38-16-20-6-2-5-19(12-20)15-30)27(34-29(36)33-24)21-9-11-23-25(14-21)32-17-31-23/h2-7,9,11-14,17,27H,8,10,16H2,1H3,(H,31,32)(H2,33,34,36). The minimum Gasteiger partial charge on any atom is -0.497 e. The molecule has 9 nitrogen and oxygen atoms in total. The van der Waals surface area contributed by atoms with Gasteiger partial charge in [-0.1, -0.05) is 30.3 Å². The van der Waals surface area contributed by atoms with Gasteiger partial charge in [0.25, 0.3) is 0 Å². The van der Waals surface area contributed by atoms with Crippen LogP contribution in [-0.4, -0.2) is 29.1 Å². The van der Waals surface area contributed by atoms with Gasteiger partial charge >= 0.3 is 12.0 Å². The number of aromatic nitrogens is 2. The number of methoxy groups -OCH3 is 1. The lowest BCUT2D eigenvalue weighted by Gasteiger charge is -2.29. The Hall–Kier alpha value is -5.10. The maximum atomic E-state index is 13.6. The molecule has 4 aromatic rings. The molecule has 2 heterocycles. The molecule has 0 saturated carbocycles. The smallest absolute Gasteiger partial charge is 0.338 e. The molecule has 190 valence electrons. The van der Waals surface area contributed by atoms with E-state index in [2.05, 4.69) is 26.7 Å². The molecule has 9 heteroatoms. The van der Waals surface area contributed by atoms with E-state index in [9.17, 15) is 14.9 Å². The van der Waals surface area contributed by atoms with Gasteiger partial charge in [-0.2, -0.15) is 5.26 Å². The fourth-order valence-corrected chi connectivity index (χ4v) is 4.49. The van der Waals surface area contributed by atoms with E-state index in [1.807, 2.05) is 42.5 Å². The number of aryl methyl sites for hydroxylation is 1. The van der Waals surface area contributed by atoms with Gasteiger partial charge in [-0.05, 0) is 65.9 Å². The SMILES string of the molecule is COc1cccc(CCC2=C(C(=O)OCc3cccc(C#N)c3)C(c3ccc4nc[nH]c4c3)NC(=O)N2)c1. The number of aromatic amines is 1. The Bertz CT molecular complexity index is 1580. The van der Waals surface area contributed by atoms with Gasteiger partial charge in [0.1, 0.15) is 12.4 Å². The van der Waals surface area contributed by atoms with Gasteiger partial charge in [-0.3, -0.25) is 0 Å². The lowest BCUT2D eigenvalue weighted by molar-refractivity contribution is -0.140. The molecule has 1 aromatic heterocycles. The quantitative estimate of drug-likeness (QED) is 0.303. The van der Waals surface area contributed by atoms with Crippen molar-refractivity contribution in [2.24, 2.45) is 0 Å². The molecule has 3 N–H and O–H groups in total. The highest BCUT2D eigenvalue weighted by molar-refractivity contribution is 5.95. The third kappa shape index (κ3) is 5.34. The number of ether oxygens (including phenoxy) is 2. The molecule has 38 heavy (non-hydrogen) atoms. The van der Waals surface area contributed by atoms with Gasteiger partial charge < -0.3 is 25.1 Å². The maximum Gasteiger partial charge on any atom is 0.338 e. The number of urea groups is 1. The monoisotopic (exact) mass is 507 g/mol. The first kappa shape index (κ1) is 24.6. The van der Waals surface area contributed by atoms with E-state index in [4.69, 9.17) is 9.47 Å². The predicted molar refractivity (Wildman–Crippen MR) is 140 cm³/mol. The molecule has 1 atom stereocenters. The van der Waals surface area contributed by atoms with Gasteiger partial charge in [0.05, 0.1) is 47.7 Å². The van der Waals surface area contributed by atoms with Gasteiger partial charge in [0.2, 0.25) is 0 Å². The van der Waals surface area contributed by atoms with Crippen molar-refractivity contribution in [3.63, 3.8) is 0 Å². The minimum absolute atomic E-state index is 0.0126. The number of hydrogen-bond acceptors (Lipinski definition) is 6. The Kier molecular flexibility index (Phi) is 7.04. The molecule has 2 amide bonds. The second-order valence-corrected chi connectivity index (χ2v) is 8.84. The van der Waals surface area contributed by atoms with Crippen LogP contribution in [0.2, 0.25) is 0 Å². The Morgan fingerprint density at radius 2 is 1.89 bits per heavy atom. The molecule has 0 radical (unpaired) electrons. The lowest BCUT2D eigenvalue weighted by Crippen LogP contribution is -2.46. The van der Waals surface area contributed by atoms with Crippen LogP contribution in [0.25, 0.3) is 11.0 Å². The number of carbonyl (C=O) groups is 2. The predicted octanol–water partition coefficient (Wildman–Crippen LogP) is 4.43. The summed E-state index contributed by atoms with van der Waals surface area (Å²) in [5.74, 6) is 0.172. The van der Waals surface area contributed by atoms with E-state index in [0.717, 1.165) is 22.3 Å². The number of allylic oxidation sites excluding steroid dienone is 1. The summed E-state index contributed by atoms with van der Waals surface area (Å²) in [6.07, 6.45) is 2.56. The fraction of sp³-hybridized carbons (Fsp3) is 0.172. The molecule has 0 saturated heterocycles. The molecule has 5 rings (SSSR count). The number of nitriles is 1. The lowest BCUT2D eigenvalue weighted by atomic mass is 9.92. The second kappa shape index (κ2) is 10.9. The van der Waals surface area contributed by atoms with Crippen molar-refractivity contribution >= 4 is 23.0 Å². The highest BCUT2D eigenvalue weighted by Crippen LogP contribution is 2.31. The van der Waals surface area contributed by atoms with Crippen molar-refractivity contribution in [3.05, 3.63) is 107 Å². The first-order valence-corrected chi connectivity index (χ1v) is 12.1. The number of hydrogen-bond donors (Lipinski definition) is 3. The summed E-state index contributed by atoms with van der Waals surface area (Å²) < 4.78 is 11.0. The van der Waals surface area contributed by atoms with Crippen molar-refractivity contribution in [1.29, 1.82) is 5.26 Å². The Balaban J connectivity index is 1.48. The summed E-state index contributed by atoms with van der Waals surface area (Å²) in [7, 11) is 1.61. The van der Waals surface area contributed by atoms with Crippen LogP contribution in [-0.2, 0) is 22.6 Å². The van der Waals surface area contributed by atoms with Crippen molar-refractivity contribution in [1.82, 2.24) is 20.6 Å². The zero-order chi connectivity index (χ0) is 26.5. The number of rotatable bonds is 8. The van der Waals surface area contributed by atoms with Crippen molar-refractivity contribution in [2.45, 2.75) is 25.5 Å². The molecule has 1 aliphatic rings. The number of carbonyl (C=O) groups excluding carboxylic acids is 2. The van der Waals surface area contributed by atoms with Crippen LogP contribution in [0.4, 0.5) is 4.79 Å². The van der Waals surface area contributed by atoms with Crippen LogP contribution >= 0.6 is 0 Å². The summed E-state index contributed by atoms with van der Waals surface area (Å²) in [6, 6.07) is 21.0.